The molecule has 1 aromatic rings. The molecule has 0 spiro atoms. The maximum Gasteiger partial charge on any atom is 0.179 e. The third-order valence-corrected chi connectivity index (χ3v) is 3.45. The standard InChI is InChI=1S/C16H23ClN2O2/c1-16(2,11-18)6-5-7-21-15-13(17)8-12(10-19-3)9-14(15)20-4/h8-9,19H,5-7,10H2,1-4H3. The van der Waals surface area contributed by atoms with Crippen LogP contribution in [-0.2, 0) is 6.54 Å². The van der Waals surface area contributed by atoms with Crippen LogP contribution in [0.25, 0.3) is 0 Å². The van der Waals surface area contributed by atoms with Crippen molar-refractivity contribution in [1.29, 1.82) is 5.26 Å². The van der Waals surface area contributed by atoms with E-state index in [1.165, 1.54) is 0 Å². The van der Waals surface area contributed by atoms with Crippen molar-refractivity contribution >= 4 is 11.6 Å². The number of methoxy groups -OCH3 is 1. The largest absolute Gasteiger partial charge is 0.493 e. The Bertz CT molecular complexity index is 510. The van der Waals surface area contributed by atoms with Crippen molar-refractivity contribution in [2.75, 3.05) is 20.8 Å². The van der Waals surface area contributed by atoms with Gasteiger partial charge in [0.05, 0.1) is 30.2 Å². The highest BCUT2D eigenvalue weighted by Gasteiger charge is 2.17. The van der Waals surface area contributed by atoms with E-state index in [1.807, 2.05) is 33.0 Å². The van der Waals surface area contributed by atoms with E-state index in [-0.39, 0.29) is 5.41 Å². The van der Waals surface area contributed by atoms with Gasteiger partial charge in [-0.25, -0.2) is 0 Å². The fourth-order valence-corrected chi connectivity index (χ4v) is 2.25. The average molecular weight is 311 g/mol. The molecule has 0 aliphatic heterocycles. The molecule has 0 saturated carbocycles. The Labute approximate surface area is 132 Å². The number of nitrogens with one attached hydrogen (secondary N) is 1. The van der Waals surface area contributed by atoms with Crippen LogP contribution >= 0.6 is 11.6 Å². The normalized spacial score (nSPS) is 11.0. The Kier molecular flexibility index (Phi) is 6.80. The summed E-state index contributed by atoms with van der Waals surface area (Å²) < 4.78 is 11.1. The molecule has 0 aliphatic carbocycles. The van der Waals surface area contributed by atoms with Crippen molar-refractivity contribution < 1.29 is 9.47 Å². The van der Waals surface area contributed by atoms with Gasteiger partial charge in [-0.3, -0.25) is 0 Å². The van der Waals surface area contributed by atoms with E-state index in [1.54, 1.807) is 7.11 Å². The molecule has 0 radical (unpaired) electrons. The van der Waals surface area contributed by atoms with Gasteiger partial charge in [-0.05, 0) is 51.4 Å². The second-order valence-corrected chi connectivity index (χ2v) is 5.99. The van der Waals surface area contributed by atoms with Crippen LogP contribution in [0.4, 0.5) is 0 Å². The zero-order valence-corrected chi connectivity index (χ0v) is 13.9. The Hall–Kier alpha value is -1.44. The lowest BCUT2D eigenvalue weighted by Crippen LogP contribution is -2.10. The Morgan fingerprint density at radius 1 is 1.38 bits per heavy atom. The van der Waals surface area contributed by atoms with Crippen LogP contribution in [0.2, 0.25) is 5.02 Å². The van der Waals surface area contributed by atoms with Crippen molar-refractivity contribution in [3.8, 4) is 17.6 Å². The second-order valence-electron chi connectivity index (χ2n) is 5.59. The van der Waals surface area contributed by atoms with Crippen molar-refractivity contribution in [1.82, 2.24) is 5.32 Å². The molecular formula is C16H23ClN2O2. The predicted molar refractivity (Wildman–Crippen MR) is 84.9 cm³/mol. The lowest BCUT2D eigenvalue weighted by molar-refractivity contribution is 0.270. The highest BCUT2D eigenvalue weighted by atomic mass is 35.5. The summed E-state index contributed by atoms with van der Waals surface area (Å²) in [5.74, 6) is 1.20. The molecular weight excluding hydrogens is 288 g/mol. The fraction of sp³-hybridized carbons (Fsp3) is 0.562. The summed E-state index contributed by atoms with van der Waals surface area (Å²) in [7, 11) is 3.47. The quantitative estimate of drug-likeness (QED) is 0.742. The van der Waals surface area contributed by atoms with E-state index >= 15 is 0 Å². The van der Waals surface area contributed by atoms with Gasteiger partial charge in [0.15, 0.2) is 11.5 Å². The van der Waals surface area contributed by atoms with Gasteiger partial charge in [0.2, 0.25) is 0 Å². The van der Waals surface area contributed by atoms with Crippen LogP contribution < -0.4 is 14.8 Å². The zero-order chi connectivity index (χ0) is 15.9. The monoisotopic (exact) mass is 310 g/mol. The smallest absolute Gasteiger partial charge is 0.179 e. The van der Waals surface area contributed by atoms with E-state index in [4.69, 9.17) is 26.3 Å². The second kappa shape index (κ2) is 8.11. The lowest BCUT2D eigenvalue weighted by atomic mass is 9.90. The van der Waals surface area contributed by atoms with Crippen LogP contribution in [0, 0.1) is 16.7 Å². The van der Waals surface area contributed by atoms with Gasteiger partial charge in [-0.2, -0.15) is 5.26 Å². The van der Waals surface area contributed by atoms with Crippen molar-refractivity contribution in [3.63, 3.8) is 0 Å². The minimum Gasteiger partial charge on any atom is -0.493 e. The summed E-state index contributed by atoms with van der Waals surface area (Å²) in [6, 6.07) is 6.07. The van der Waals surface area contributed by atoms with Crippen LogP contribution in [0.15, 0.2) is 12.1 Å². The van der Waals surface area contributed by atoms with Crippen LogP contribution in [0.1, 0.15) is 32.3 Å². The van der Waals surface area contributed by atoms with E-state index < -0.39 is 0 Å². The minimum absolute atomic E-state index is 0.326. The molecule has 0 heterocycles. The summed E-state index contributed by atoms with van der Waals surface area (Å²) in [4.78, 5) is 0. The first-order valence-corrected chi connectivity index (χ1v) is 7.36. The van der Waals surface area contributed by atoms with Crippen molar-refractivity contribution in [2.24, 2.45) is 5.41 Å². The number of hydrogen-bond acceptors (Lipinski definition) is 4. The van der Waals surface area contributed by atoms with E-state index in [2.05, 4.69) is 11.4 Å². The highest BCUT2D eigenvalue weighted by molar-refractivity contribution is 6.32. The summed E-state index contributed by atoms with van der Waals surface area (Å²) >= 11 is 6.26. The number of halogens is 1. The Balaban J connectivity index is 2.69. The van der Waals surface area contributed by atoms with E-state index in [9.17, 15) is 0 Å². The van der Waals surface area contributed by atoms with Gasteiger partial charge in [0.25, 0.3) is 0 Å². The summed E-state index contributed by atoms with van der Waals surface area (Å²) in [5.41, 5.74) is 0.714. The maximum atomic E-state index is 8.98. The molecule has 0 aromatic heterocycles. The maximum absolute atomic E-state index is 8.98. The predicted octanol–water partition coefficient (Wildman–Crippen LogP) is 3.78. The molecule has 4 nitrogen and oxygen atoms in total. The van der Waals surface area contributed by atoms with E-state index in [0.29, 0.717) is 29.7 Å². The van der Waals surface area contributed by atoms with Crippen LogP contribution in [0.5, 0.6) is 11.5 Å². The van der Waals surface area contributed by atoms with Gasteiger partial charge >= 0.3 is 0 Å². The molecule has 0 amide bonds. The molecule has 1 rings (SSSR count). The molecule has 0 unspecified atom stereocenters. The first-order valence-electron chi connectivity index (χ1n) is 6.98. The van der Waals surface area contributed by atoms with E-state index in [0.717, 1.165) is 18.4 Å². The summed E-state index contributed by atoms with van der Waals surface area (Å²) in [5, 5.41) is 12.6. The SMILES string of the molecule is CNCc1cc(Cl)c(OCCCC(C)(C)C#N)c(OC)c1. The molecule has 21 heavy (non-hydrogen) atoms. The first-order chi connectivity index (χ1) is 9.93. The number of benzene rings is 1. The van der Waals surface area contributed by atoms with Crippen molar-refractivity contribution in [3.05, 3.63) is 22.7 Å². The third-order valence-electron chi connectivity index (χ3n) is 3.17. The number of rotatable bonds is 8. The number of nitrogens with zero attached hydrogens (tertiary/aromatic N) is 1. The lowest BCUT2D eigenvalue weighted by Gasteiger charge is -2.17. The van der Waals surface area contributed by atoms with Crippen LogP contribution in [-0.4, -0.2) is 20.8 Å². The number of nitriles is 1. The minimum atomic E-state index is -0.326. The van der Waals surface area contributed by atoms with Crippen LogP contribution in [0.3, 0.4) is 0 Å². The molecule has 1 N–H and O–H groups in total. The molecule has 0 saturated heterocycles. The fourth-order valence-electron chi connectivity index (χ4n) is 1.96. The van der Waals surface area contributed by atoms with Gasteiger partial charge in [0.1, 0.15) is 0 Å². The third kappa shape index (κ3) is 5.45. The van der Waals surface area contributed by atoms with Gasteiger partial charge in [-0.15, -0.1) is 0 Å². The number of hydrogen-bond donors (Lipinski definition) is 1. The zero-order valence-electron chi connectivity index (χ0n) is 13.1. The molecule has 0 bridgehead atoms. The molecule has 116 valence electrons. The summed E-state index contributed by atoms with van der Waals surface area (Å²) in [6.07, 6.45) is 1.57. The number of ether oxygens (including phenoxy) is 2. The molecule has 0 atom stereocenters. The first kappa shape index (κ1) is 17.6. The molecule has 0 fully saturated rings. The summed E-state index contributed by atoms with van der Waals surface area (Å²) in [6.45, 7) is 5.07. The average Bonchev–Trinajstić information content (AvgIpc) is 2.45. The highest BCUT2D eigenvalue weighted by Crippen LogP contribution is 2.36. The van der Waals surface area contributed by atoms with Gasteiger partial charge in [-0.1, -0.05) is 11.6 Å². The Morgan fingerprint density at radius 2 is 2.10 bits per heavy atom. The molecule has 1 aromatic carbocycles. The molecule has 0 aliphatic rings. The van der Waals surface area contributed by atoms with Crippen molar-refractivity contribution in [2.45, 2.75) is 33.2 Å². The van der Waals surface area contributed by atoms with Gasteiger partial charge < -0.3 is 14.8 Å². The van der Waals surface area contributed by atoms with Gasteiger partial charge in [0, 0.05) is 6.54 Å². The Morgan fingerprint density at radius 3 is 2.67 bits per heavy atom. The topological polar surface area (TPSA) is 54.3 Å². The molecule has 5 heteroatoms.